The zero-order valence-corrected chi connectivity index (χ0v) is 13.1. The first-order valence-corrected chi connectivity index (χ1v) is 7.78. The van der Waals surface area contributed by atoms with Gasteiger partial charge in [0, 0.05) is 22.5 Å². The first-order valence-electron chi connectivity index (χ1n) is 6.96. The highest BCUT2D eigenvalue weighted by molar-refractivity contribution is 7.21. The highest BCUT2D eigenvalue weighted by Gasteiger charge is 2.19. The predicted molar refractivity (Wildman–Crippen MR) is 86.6 cm³/mol. The molecule has 3 aromatic rings. The Hall–Kier alpha value is -2.27. The summed E-state index contributed by atoms with van der Waals surface area (Å²) in [6, 6.07) is 8.50. The van der Waals surface area contributed by atoms with Gasteiger partial charge in [0.15, 0.2) is 0 Å². The number of carbonyl (C=O) groups excluding carboxylic acids is 1. The third kappa shape index (κ3) is 2.60. The Morgan fingerprint density at radius 1 is 1.32 bits per heavy atom. The van der Waals surface area contributed by atoms with Crippen molar-refractivity contribution in [2.75, 3.05) is 0 Å². The smallest absolute Gasteiger partial charge is 0.262 e. The van der Waals surface area contributed by atoms with E-state index in [1.54, 1.807) is 25.4 Å². The fourth-order valence-corrected chi connectivity index (χ4v) is 3.57. The molecule has 0 aliphatic carbocycles. The van der Waals surface area contributed by atoms with Crippen LogP contribution in [0.5, 0.6) is 0 Å². The van der Waals surface area contributed by atoms with Crippen molar-refractivity contribution in [1.29, 1.82) is 0 Å². The van der Waals surface area contributed by atoms with E-state index < -0.39 is 0 Å². The monoisotopic (exact) mass is 314 g/mol. The van der Waals surface area contributed by atoms with Crippen molar-refractivity contribution in [2.24, 2.45) is 0 Å². The number of rotatable bonds is 3. The minimum absolute atomic E-state index is 0.157. The Morgan fingerprint density at radius 2 is 2.14 bits per heavy atom. The minimum atomic E-state index is -0.286. The summed E-state index contributed by atoms with van der Waals surface area (Å²) in [5.74, 6) is -0.472. The van der Waals surface area contributed by atoms with Crippen LogP contribution in [0.3, 0.4) is 0 Å². The molecular formula is C17H15FN2OS. The van der Waals surface area contributed by atoms with Gasteiger partial charge in [-0.05, 0) is 43.2 Å². The summed E-state index contributed by atoms with van der Waals surface area (Å²) in [6.07, 6.45) is 3.42. The first-order chi connectivity index (χ1) is 10.6. The molecule has 3 nitrogen and oxygen atoms in total. The molecule has 0 radical (unpaired) electrons. The lowest BCUT2D eigenvalue weighted by molar-refractivity contribution is 0.0943. The van der Waals surface area contributed by atoms with E-state index in [1.807, 2.05) is 25.1 Å². The van der Waals surface area contributed by atoms with Crippen LogP contribution in [0.4, 0.5) is 4.39 Å². The molecular weight excluding hydrogens is 299 g/mol. The number of benzene rings is 1. The third-order valence-corrected chi connectivity index (χ3v) is 4.90. The van der Waals surface area contributed by atoms with Gasteiger partial charge in [-0.25, -0.2) is 4.39 Å². The number of nitrogens with one attached hydrogen (secondary N) is 1. The van der Waals surface area contributed by atoms with Gasteiger partial charge >= 0.3 is 0 Å². The van der Waals surface area contributed by atoms with Gasteiger partial charge in [-0.15, -0.1) is 11.3 Å². The van der Waals surface area contributed by atoms with Crippen LogP contribution in [0.1, 0.15) is 33.8 Å². The minimum Gasteiger partial charge on any atom is -0.345 e. The van der Waals surface area contributed by atoms with E-state index in [-0.39, 0.29) is 17.8 Å². The second-order valence-corrected chi connectivity index (χ2v) is 6.20. The highest BCUT2D eigenvalue weighted by Crippen LogP contribution is 2.32. The molecule has 1 atom stereocenters. The number of nitrogens with zero attached hydrogens (tertiary/aromatic N) is 1. The molecule has 0 saturated heterocycles. The van der Waals surface area contributed by atoms with Crippen molar-refractivity contribution >= 4 is 27.3 Å². The van der Waals surface area contributed by atoms with Crippen molar-refractivity contribution in [2.45, 2.75) is 19.9 Å². The summed E-state index contributed by atoms with van der Waals surface area (Å²) >= 11 is 1.32. The van der Waals surface area contributed by atoms with Crippen LogP contribution in [0.25, 0.3) is 10.1 Å². The molecule has 22 heavy (non-hydrogen) atoms. The molecule has 0 spiro atoms. The summed E-state index contributed by atoms with van der Waals surface area (Å²) in [4.78, 5) is 17.1. The van der Waals surface area contributed by atoms with Crippen LogP contribution in [0, 0.1) is 12.7 Å². The van der Waals surface area contributed by atoms with Crippen molar-refractivity contribution in [3.8, 4) is 0 Å². The second-order valence-electron chi connectivity index (χ2n) is 5.15. The number of hydrogen-bond acceptors (Lipinski definition) is 3. The normalized spacial score (nSPS) is 12.3. The molecule has 0 bridgehead atoms. The van der Waals surface area contributed by atoms with Crippen LogP contribution in [0.2, 0.25) is 0 Å². The van der Waals surface area contributed by atoms with Gasteiger partial charge in [0.1, 0.15) is 5.82 Å². The third-order valence-electron chi connectivity index (χ3n) is 3.64. The second kappa shape index (κ2) is 5.85. The Morgan fingerprint density at radius 3 is 2.82 bits per heavy atom. The van der Waals surface area contributed by atoms with Crippen LogP contribution < -0.4 is 5.32 Å². The molecule has 2 aromatic heterocycles. The molecule has 0 aliphatic rings. The number of thiophene rings is 1. The van der Waals surface area contributed by atoms with E-state index >= 15 is 0 Å². The maximum absolute atomic E-state index is 13.9. The Bertz CT molecular complexity index is 829. The number of pyridine rings is 1. The van der Waals surface area contributed by atoms with Crippen molar-refractivity contribution in [1.82, 2.24) is 10.3 Å². The zero-order chi connectivity index (χ0) is 15.7. The number of carbonyl (C=O) groups is 1. The quantitative estimate of drug-likeness (QED) is 0.786. The number of hydrogen-bond donors (Lipinski definition) is 1. The molecule has 0 fully saturated rings. The van der Waals surface area contributed by atoms with E-state index in [1.165, 1.54) is 17.4 Å². The maximum atomic E-state index is 13.9. The van der Waals surface area contributed by atoms with Crippen LogP contribution in [-0.4, -0.2) is 10.9 Å². The molecule has 2 heterocycles. The Kier molecular flexibility index (Phi) is 3.90. The van der Waals surface area contributed by atoms with E-state index in [4.69, 9.17) is 0 Å². The van der Waals surface area contributed by atoms with Crippen LogP contribution in [-0.2, 0) is 0 Å². The largest absolute Gasteiger partial charge is 0.345 e. The lowest BCUT2D eigenvalue weighted by atomic mass is 10.1. The lowest BCUT2D eigenvalue weighted by Gasteiger charge is -2.13. The molecule has 1 N–H and O–H groups in total. The summed E-state index contributed by atoms with van der Waals surface area (Å²) in [7, 11) is 0. The van der Waals surface area contributed by atoms with E-state index in [0.717, 1.165) is 10.3 Å². The van der Waals surface area contributed by atoms with Gasteiger partial charge < -0.3 is 5.32 Å². The SMILES string of the molecule is Cc1c(C(=O)NC(C)c2cccnc2)sc2cccc(F)c12. The van der Waals surface area contributed by atoms with Crippen LogP contribution >= 0.6 is 11.3 Å². The van der Waals surface area contributed by atoms with E-state index in [0.29, 0.717) is 15.8 Å². The van der Waals surface area contributed by atoms with E-state index in [2.05, 4.69) is 10.3 Å². The number of halogens is 1. The van der Waals surface area contributed by atoms with Crippen LogP contribution in [0.15, 0.2) is 42.7 Å². The summed E-state index contributed by atoms with van der Waals surface area (Å²) in [5.41, 5.74) is 1.62. The van der Waals surface area contributed by atoms with Gasteiger partial charge in [-0.3, -0.25) is 9.78 Å². The van der Waals surface area contributed by atoms with Gasteiger partial charge in [0.25, 0.3) is 5.91 Å². The standard InChI is InChI=1S/C17H15FN2OS/c1-10-15-13(18)6-3-7-14(15)22-16(10)17(21)20-11(2)12-5-4-8-19-9-12/h3-9,11H,1-2H3,(H,20,21). The topological polar surface area (TPSA) is 42.0 Å². The average Bonchev–Trinajstić information content (AvgIpc) is 2.86. The molecule has 0 saturated carbocycles. The van der Waals surface area contributed by atoms with Gasteiger partial charge in [-0.1, -0.05) is 12.1 Å². The fraction of sp³-hybridized carbons (Fsp3) is 0.176. The molecule has 1 unspecified atom stereocenters. The average molecular weight is 314 g/mol. The van der Waals surface area contributed by atoms with E-state index in [9.17, 15) is 9.18 Å². The first kappa shape index (κ1) is 14.7. The van der Waals surface area contributed by atoms with Crippen molar-refractivity contribution < 1.29 is 9.18 Å². The summed E-state index contributed by atoms with van der Waals surface area (Å²) < 4.78 is 14.7. The summed E-state index contributed by atoms with van der Waals surface area (Å²) in [5, 5.41) is 3.48. The Labute approximate surface area is 131 Å². The van der Waals surface area contributed by atoms with Crippen molar-refractivity contribution in [3.05, 3.63) is 64.5 Å². The van der Waals surface area contributed by atoms with Crippen molar-refractivity contribution in [3.63, 3.8) is 0 Å². The van der Waals surface area contributed by atoms with Gasteiger partial charge in [0.2, 0.25) is 0 Å². The summed E-state index contributed by atoms with van der Waals surface area (Å²) in [6.45, 7) is 3.68. The molecule has 3 rings (SSSR count). The maximum Gasteiger partial charge on any atom is 0.262 e. The molecule has 5 heteroatoms. The Balaban J connectivity index is 1.90. The molecule has 112 valence electrons. The number of amides is 1. The van der Waals surface area contributed by atoms with Gasteiger partial charge in [0.05, 0.1) is 10.9 Å². The fourth-order valence-electron chi connectivity index (χ4n) is 2.45. The van der Waals surface area contributed by atoms with Gasteiger partial charge in [-0.2, -0.15) is 0 Å². The molecule has 0 aliphatic heterocycles. The molecule has 1 amide bonds. The number of aryl methyl sites for hydroxylation is 1. The zero-order valence-electron chi connectivity index (χ0n) is 12.3. The highest BCUT2D eigenvalue weighted by atomic mass is 32.1. The number of aromatic nitrogens is 1. The predicted octanol–water partition coefficient (Wildman–Crippen LogP) is 4.23. The molecule has 1 aromatic carbocycles. The number of fused-ring (bicyclic) bond motifs is 1. The lowest BCUT2D eigenvalue weighted by Crippen LogP contribution is -2.26.